The molecule has 0 unspecified atom stereocenters. The Morgan fingerprint density at radius 2 is 1.78 bits per heavy atom. The summed E-state index contributed by atoms with van der Waals surface area (Å²) < 4.78 is 11.6. The fraction of sp³-hybridized carbons (Fsp3) is 0.182. The first-order valence-corrected chi connectivity index (χ1v) is 14.5. The van der Waals surface area contributed by atoms with Crippen molar-refractivity contribution in [3.05, 3.63) is 125 Å². The molecule has 0 saturated heterocycles. The molecule has 1 atom stereocenters. The van der Waals surface area contributed by atoms with Gasteiger partial charge in [-0.1, -0.05) is 66.2 Å². The van der Waals surface area contributed by atoms with E-state index in [1.165, 1.54) is 17.1 Å². The number of benzene rings is 3. The number of aromatic nitrogens is 6. The minimum Gasteiger partial charge on any atom is -0.463 e. The van der Waals surface area contributed by atoms with Crippen LogP contribution < -0.4 is 5.32 Å². The van der Waals surface area contributed by atoms with Gasteiger partial charge in [-0.05, 0) is 63.9 Å². The Morgan fingerprint density at radius 1 is 0.956 bits per heavy atom. The zero-order chi connectivity index (χ0) is 31.4. The van der Waals surface area contributed by atoms with Crippen LogP contribution in [-0.2, 0) is 31.9 Å². The number of amides is 1. The Bertz CT molecular complexity index is 1750. The summed E-state index contributed by atoms with van der Waals surface area (Å²) in [6, 6.07) is 24.1. The van der Waals surface area contributed by atoms with Crippen molar-refractivity contribution in [1.82, 2.24) is 35.7 Å². The second kappa shape index (κ2) is 15.5. The molecule has 5 rings (SSSR count). The summed E-state index contributed by atoms with van der Waals surface area (Å²) in [4.78, 5) is 25.3. The number of rotatable bonds is 13. The number of methoxy groups -OCH3 is 1. The summed E-state index contributed by atoms with van der Waals surface area (Å²) in [5.74, 6) is -0.643. The normalized spacial score (nSPS) is 11.8. The highest BCUT2D eigenvalue weighted by molar-refractivity contribution is 6.30. The van der Waals surface area contributed by atoms with Crippen LogP contribution in [0.15, 0.2) is 97.5 Å². The molecule has 12 heteroatoms. The zero-order valence-electron chi connectivity index (χ0n) is 24.4. The summed E-state index contributed by atoms with van der Waals surface area (Å²) in [5, 5.41) is 23.5. The number of carbonyl (C=O) groups is 2. The molecule has 0 aliphatic heterocycles. The smallest absolute Gasteiger partial charge is 0.310 e. The standard InChI is InChI=1S/C33H30ClN7O4/c1-44-15-16-45-33(43)18-24-7-9-25(10-8-24)27-20-30(38-35-21-27)29(17-23-5-3-2-4-6-23)37-32(42)14-11-26-19-28(34)12-13-31(26)41-22-36-39-40-41/h2-14,19-22,29H,15-18H2,1H3,(H,37,42)/b14-11+/t29-/m0/s1. The van der Waals surface area contributed by atoms with E-state index in [0.717, 1.165) is 22.3 Å². The molecule has 45 heavy (non-hydrogen) atoms. The first kappa shape index (κ1) is 31.2. The topological polar surface area (TPSA) is 134 Å². The molecule has 1 amide bonds. The van der Waals surface area contributed by atoms with Crippen LogP contribution in [0.2, 0.25) is 5.02 Å². The van der Waals surface area contributed by atoms with Gasteiger partial charge in [0.05, 0.1) is 36.6 Å². The Labute approximate surface area is 264 Å². The van der Waals surface area contributed by atoms with Crippen molar-refractivity contribution in [3.8, 4) is 16.8 Å². The minimum atomic E-state index is -0.475. The van der Waals surface area contributed by atoms with E-state index in [-0.39, 0.29) is 24.9 Å². The summed E-state index contributed by atoms with van der Waals surface area (Å²) in [5.41, 5.74) is 5.50. The van der Waals surface area contributed by atoms with Crippen LogP contribution in [0.25, 0.3) is 22.9 Å². The fourth-order valence-electron chi connectivity index (χ4n) is 4.59. The van der Waals surface area contributed by atoms with Gasteiger partial charge in [0, 0.05) is 29.3 Å². The van der Waals surface area contributed by atoms with Crippen LogP contribution in [0, 0.1) is 0 Å². The first-order chi connectivity index (χ1) is 22.0. The van der Waals surface area contributed by atoms with Crippen molar-refractivity contribution in [1.29, 1.82) is 0 Å². The lowest BCUT2D eigenvalue weighted by Gasteiger charge is -2.18. The fourth-order valence-corrected chi connectivity index (χ4v) is 4.77. The van der Waals surface area contributed by atoms with Gasteiger partial charge in [0.2, 0.25) is 5.91 Å². The Kier molecular flexibility index (Phi) is 10.7. The maximum Gasteiger partial charge on any atom is 0.310 e. The SMILES string of the molecule is COCCOC(=O)Cc1ccc(-c2cnnc([C@H](Cc3ccccc3)NC(=O)/C=C/c3cc(Cl)ccc3-n3cnnn3)c2)cc1. The molecule has 3 aromatic carbocycles. The number of esters is 1. The number of ether oxygens (including phenoxy) is 2. The van der Waals surface area contributed by atoms with Gasteiger partial charge in [-0.25, -0.2) is 0 Å². The van der Waals surface area contributed by atoms with E-state index in [1.807, 2.05) is 60.7 Å². The minimum absolute atomic E-state index is 0.162. The Morgan fingerprint density at radius 3 is 2.53 bits per heavy atom. The van der Waals surface area contributed by atoms with Gasteiger partial charge in [-0.2, -0.15) is 14.9 Å². The summed E-state index contributed by atoms with van der Waals surface area (Å²) in [6.07, 6.45) is 6.89. The van der Waals surface area contributed by atoms with Gasteiger partial charge in [0.15, 0.2) is 0 Å². The molecule has 0 aliphatic rings. The molecule has 5 aromatic rings. The molecule has 2 aromatic heterocycles. The molecule has 0 bridgehead atoms. The molecule has 228 valence electrons. The molecular weight excluding hydrogens is 594 g/mol. The lowest BCUT2D eigenvalue weighted by molar-refractivity contribution is -0.144. The van der Waals surface area contributed by atoms with Crippen molar-refractivity contribution < 1.29 is 19.1 Å². The van der Waals surface area contributed by atoms with Crippen molar-refractivity contribution >= 4 is 29.6 Å². The monoisotopic (exact) mass is 623 g/mol. The highest BCUT2D eigenvalue weighted by Gasteiger charge is 2.18. The van der Waals surface area contributed by atoms with E-state index in [4.69, 9.17) is 21.1 Å². The lowest BCUT2D eigenvalue weighted by atomic mass is 9.99. The third kappa shape index (κ3) is 8.88. The number of nitrogens with one attached hydrogen (secondary N) is 1. The van der Waals surface area contributed by atoms with Crippen LogP contribution in [0.4, 0.5) is 0 Å². The quantitative estimate of drug-likeness (QED) is 0.113. The van der Waals surface area contributed by atoms with Gasteiger partial charge in [-0.3, -0.25) is 9.59 Å². The molecule has 11 nitrogen and oxygen atoms in total. The van der Waals surface area contributed by atoms with E-state index < -0.39 is 6.04 Å². The van der Waals surface area contributed by atoms with E-state index in [2.05, 4.69) is 31.0 Å². The summed E-state index contributed by atoms with van der Waals surface area (Å²) >= 11 is 6.23. The van der Waals surface area contributed by atoms with Crippen LogP contribution in [0.5, 0.6) is 0 Å². The zero-order valence-corrected chi connectivity index (χ0v) is 25.2. The predicted octanol–water partition coefficient (Wildman–Crippen LogP) is 4.62. The molecule has 0 saturated carbocycles. The molecule has 0 fully saturated rings. The maximum atomic E-state index is 13.3. The van der Waals surface area contributed by atoms with E-state index in [1.54, 1.807) is 37.6 Å². The second-order valence-electron chi connectivity index (χ2n) is 10.00. The second-order valence-corrected chi connectivity index (χ2v) is 10.4. The number of hydrogen-bond acceptors (Lipinski definition) is 9. The number of tetrazole rings is 1. The van der Waals surface area contributed by atoms with Crippen LogP contribution in [0.3, 0.4) is 0 Å². The highest BCUT2D eigenvalue weighted by Crippen LogP contribution is 2.24. The molecular formula is C33H30ClN7O4. The lowest BCUT2D eigenvalue weighted by Crippen LogP contribution is -2.29. The average molecular weight is 624 g/mol. The van der Waals surface area contributed by atoms with Crippen LogP contribution in [0.1, 0.15) is 28.4 Å². The van der Waals surface area contributed by atoms with Crippen molar-refractivity contribution in [3.63, 3.8) is 0 Å². The number of nitrogens with zero attached hydrogens (tertiary/aromatic N) is 6. The number of halogens is 1. The van der Waals surface area contributed by atoms with Gasteiger partial charge in [0.25, 0.3) is 0 Å². The van der Waals surface area contributed by atoms with Gasteiger partial charge in [-0.15, -0.1) is 5.10 Å². The van der Waals surface area contributed by atoms with Crippen molar-refractivity contribution in [2.24, 2.45) is 0 Å². The van der Waals surface area contributed by atoms with E-state index in [9.17, 15) is 9.59 Å². The maximum absolute atomic E-state index is 13.3. The largest absolute Gasteiger partial charge is 0.463 e. The molecule has 0 spiro atoms. The van der Waals surface area contributed by atoms with E-state index in [0.29, 0.717) is 35.0 Å². The Hall–Kier alpha value is -5.26. The molecule has 1 N–H and O–H groups in total. The third-order valence-electron chi connectivity index (χ3n) is 6.82. The van der Waals surface area contributed by atoms with Crippen LogP contribution >= 0.6 is 11.6 Å². The average Bonchev–Trinajstić information content (AvgIpc) is 3.60. The number of hydrogen-bond donors (Lipinski definition) is 1. The van der Waals surface area contributed by atoms with E-state index >= 15 is 0 Å². The van der Waals surface area contributed by atoms with Gasteiger partial charge in [0.1, 0.15) is 12.9 Å². The Balaban J connectivity index is 1.34. The van der Waals surface area contributed by atoms with Crippen molar-refractivity contribution in [2.75, 3.05) is 20.3 Å². The molecule has 2 heterocycles. The van der Waals surface area contributed by atoms with Gasteiger partial charge >= 0.3 is 5.97 Å². The third-order valence-corrected chi connectivity index (χ3v) is 7.05. The molecule has 0 aliphatic carbocycles. The predicted molar refractivity (Wildman–Crippen MR) is 168 cm³/mol. The summed E-state index contributed by atoms with van der Waals surface area (Å²) in [7, 11) is 1.55. The first-order valence-electron chi connectivity index (χ1n) is 14.1. The van der Waals surface area contributed by atoms with Gasteiger partial charge < -0.3 is 14.8 Å². The highest BCUT2D eigenvalue weighted by atomic mass is 35.5. The summed E-state index contributed by atoms with van der Waals surface area (Å²) in [6.45, 7) is 0.576. The van der Waals surface area contributed by atoms with Crippen molar-refractivity contribution in [2.45, 2.75) is 18.9 Å². The number of carbonyl (C=O) groups excluding carboxylic acids is 2. The van der Waals surface area contributed by atoms with Crippen LogP contribution in [-0.4, -0.2) is 62.6 Å². The molecule has 0 radical (unpaired) electrons.